The molecule has 29 heavy (non-hydrogen) atoms. The third kappa shape index (κ3) is 4.34. The number of urea groups is 1. The average molecular weight is 418 g/mol. The zero-order valence-corrected chi connectivity index (χ0v) is 16.1. The first-order valence-corrected chi connectivity index (χ1v) is 9.85. The molecule has 0 aliphatic carbocycles. The smallest absolute Gasteiger partial charge is 0.322 e. The Hall–Kier alpha value is -3.07. The lowest BCUT2D eigenvalue weighted by atomic mass is 10.2. The van der Waals surface area contributed by atoms with Crippen molar-refractivity contribution in [2.24, 2.45) is 0 Å². The van der Waals surface area contributed by atoms with Gasteiger partial charge in [-0.3, -0.25) is 0 Å². The summed E-state index contributed by atoms with van der Waals surface area (Å²) in [6.45, 7) is 2.05. The maximum Gasteiger partial charge on any atom is 0.322 e. The molecule has 0 saturated carbocycles. The number of thiazole rings is 1. The molecule has 1 N–H and O–H groups in total. The van der Waals surface area contributed by atoms with Gasteiger partial charge < -0.3 is 15.1 Å². The minimum atomic E-state index is -0.812. The van der Waals surface area contributed by atoms with Gasteiger partial charge in [0.25, 0.3) is 0 Å². The van der Waals surface area contributed by atoms with E-state index in [0.717, 1.165) is 28.5 Å². The molecular formula is C20H17F3N4OS. The summed E-state index contributed by atoms with van der Waals surface area (Å²) in [5, 5.41) is 5.22. The zero-order valence-electron chi connectivity index (χ0n) is 15.2. The molecule has 2 heterocycles. The first-order chi connectivity index (χ1) is 14.0. The van der Waals surface area contributed by atoms with E-state index in [2.05, 4.69) is 15.2 Å². The first-order valence-electron chi connectivity index (χ1n) is 8.97. The van der Waals surface area contributed by atoms with Crippen LogP contribution in [0.3, 0.4) is 0 Å². The summed E-state index contributed by atoms with van der Waals surface area (Å²) in [7, 11) is 0. The molecule has 4 rings (SSSR count). The Bertz CT molecular complexity index is 1020. The number of hydrogen-bond donors (Lipinski definition) is 1. The Morgan fingerprint density at radius 1 is 0.966 bits per heavy atom. The van der Waals surface area contributed by atoms with Crippen LogP contribution in [-0.4, -0.2) is 42.1 Å². The van der Waals surface area contributed by atoms with Crippen LogP contribution in [0.1, 0.15) is 0 Å². The maximum absolute atomic E-state index is 13.7. The van der Waals surface area contributed by atoms with E-state index < -0.39 is 17.7 Å². The summed E-state index contributed by atoms with van der Waals surface area (Å²) < 4.78 is 39.8. The number of aromatic nitrogens is 1. The number of piperazine rings is 1. The Morgan fingerprint density at radius 2 is 1.66 bits per heavy atom. The van der Waals surface area contributed by atoms with E-state index in [1.165, 1.54) is 29.5 Å². The second kappa shape index (κ2) is 8.12. The largest absolute Gasteiger partial charge is 0.345 e. The van der Waals surface area contributed by atoms with Crippen LogP contribution in [0.25, 0.3) is 11.3 Å². The van der Waals surface area contributed by atoms with Crippen molar-refractivity contribution in [3.8, 4) is 11.3 Å². The molecule has 1 fully saturated rings. The highest BCUT2D eigenvalue weighted by Gasteiger charge is 2.23. The Labute approximate surface area is 169 Å². The van der Waals surface area contributed by atoms with Gasteiger partial charge in [-0.2, -0.15) is 0 Å². The highest BCUT2D eigenvalue weighted by molar-refractivity contribution is 7.14. The van der Waals surface area contributed by atoms with Crippen LogP contribution in [0.15, 0.2) is 47.8 Å². The molecule has 2 aromatic carbocycles. The summed E-state index contributed by atoms with van der Waals surface area (Å²) >= 11 is 1.49. The molecule has 1 aliphatic heterocycles. The van der Waals surface area contributed by atoms with E-state index in [1.54, 1.807) is 17.0 Å². The minimum absolute atomic E-state index is 0.0531. The average Bonchev–Trinajstić information content (AvgIpc) is 3.21. The molecule has 2 amide bonds. The van der Waals surface area contributed by atoms with Crippen LogP contribution in [0.2, 0.25) is 0 Å². The number of rotatable bonds is 3. The van der Waals surface area contributed by atoms with Gasteiger partial charge in [0.15, 0.2) is 5.13 Å². The summed E-state index contributed by atoms with van der Waals surface area (Å²) in [4.78, 5) is 20.6. The predicted octanol–water partition coefficient (Wildman–Crippen LogP) is 4.58. The number of benzene rings is 2. The van der Waals surface area contributed by atoms with E-state index in [4.69, 9.17) is 0 Å². The van der Waals surface area contributed by atoms with Crippen LogP contribution in [0.5, 0.6) is 0 Å². The summed E-state index contributed by atoms with van der Waals surface area (Å²) in [6, 6.07) is 8.76. The molecule has 1 saturated heterocycles. The van der Waals surface area contributed by atoms with Crippen molar-refractivity contribution in [1.29, 1.82) is 0 Å². The predicted molar refractivity (Wildman–Crippen MR) is 107 cm³/mol. The summed E-state index contributed by atoms with van der Waals surface area (Å²) in [5.74, 6) is -1.80. The van der Waals surface area contributed by atoms with Gasteiger partial charge >= 0.3 is 6.03 Å². The quantitative estimate of drug-likeness (QED) is 0.677. The normalized spacial score (nSPS) is 14.2. The summed E-state index contributed by atoms with van der Waals surface area (Å²) in [6.07, 6.45) is 0. The second-order valence-electron chi connectivity index (χ2n) is 6.55. The van der Waals surface area contributed by atoms with Crippen molar-refractivity contribution < 1.29 is 18.0 Å². The molecule has 0 spiro atoms. The first kappa shape index (κ1) is 19.3. The molecule has 5 nitrogen and oxygen atoms in total. The number of anilines is 2. The zero-order chi connectivity index (χ0) is 20.4. The second-order valence-corrected chi connectivity index (χ2v) is 7.39. The monoisotopic (exact) mass is 418 g/mol. The number of hydrogen-bond acceptors (Lipinski definition) is 4. The van der Waals surface area contributed by atoms with Crippen molar-refractivity contribution in [2.45, 2.75) is 0 Å². The lowest BCUT2D eigenvalue weighted by molar-refractivity contribution is 0.208. The standard InChI is InChI=1S/C20H17F3N4OS/c21-14-3-1-13(2-4-14)18-12-29-20(25-18)27-9-7-26(8-10-27)19(28)24-17-6-5-15(22)11-16(17)23/h1-6,11-12H,7-10H2,(H,24,28). The fraction of sp³-hybridized carbons (Fsp3) is 0.200. The lowest BCUT2D eigenvalue weighted by Crippen LogP contribution is -2.50. The van der Waals surface area contributed by atoms with Crippen LogP contribution in [-0.2, 0) is 0 Å². The molecule has 1 aromatic heterocycles. The number of nitrogens with zero attached hydrogens (tertiary/aromatic N) is 3. The van der Waals surface area contributed by atoms with E-state index in [-0.39, 0.29) is 11.5 Å². The molecular weight excluding hydrogens is 401 g/mol. The van der Waals surface area contributed by atoms with Crippen molar-refractivity contribution in [3.05, 3.63) is 65.3 Å². The van der Waals surface area contributed by atoms with E-state index in [9.17, 15) is 18.0 Å². The molecule has 150 valence electrons. The van der Waals surface area contributed by atoms with Gasteiger partial charge in [0.2, 0.25) is 0 Å². The third-order valence-electron chi connectivity index (χ3n) is 4.64. The Balaban J connectivity index is 1.35. The van der Waals surface area contributed by atoms with Gasteiger partial charge in [-0.15, -0.1) is 11.3 Å². The van der Waals surface area contributed by atoms with Gasteiger partial charge in [-0.1, -0.05) is 0 Å². The fourth-order valence-electron chi connectivity index (χ4n) is 3.05. The van der Waals surface area contributed by atoms with Crippen molar-refractivity contribution in [3.63, 3.8) is 0 Å². The Morgan fingerprint density at radius 3 is 2.34 bits per heavy atom. The van der Waals surface area contributed by atoms with Crippen molar-refractivity contribution in [1.82, 2.24) is 9.88 Å². The van der Waals surface area contributed by atoms with Crippen LogP contribution >= 0.6 is 11.3 Å². The fourth-order valence-corrected chi connectivity index (χ4v) is 3.94. The maximum atomic E-state index is 13.7. The number of nitrogens with one attached hydrogen (secondary N) is 1. The number of carbonyl (C=O) groups is 1. The van der Waals surface area contributed by atoms with Crippen LogP contribution in [0, 0.1) is 17.5 Å². The molecule has 0 radical (unpaired) electrons. The molecule has 0 atom stereocenters. The van der Waals surface area contributed by atoms with Gasteiger partial charge in [0.05, 0.1) is 11.4 Å². The number of halogens is 3. The van der Waals surface area contributed by atoms with Crippen LogP contribution < -0.4 is 10.2 Å². The summed E-state index contributed by atoms with van der Waals surface area (Å²) in [5.41, 5.74) is 1.56. The topological polar surface area (TPSA) is 48.5 Å². The number of amides is 2. The molecule has 9 heteroatoms. The molecule has 0 unspecified atom stereocenters. The third-order valence-corrected chi connectivity index (χ3v) is 5.54. The van der Waals surface area contributed by atoms with Gasteiger partial charge in [0.1, 0.15) is 17.5 Å². The van der Waals surface area contributed by atoms with E-state index >= 15 is 0 Å². The van der Waals surface area contributed by atoms with Crippen LogP contribution in [0.4, 0.5) is 28.8 Å². The lowest BCUT2D eigenvalue weighted by Gasteiger charge is -2.34. The van der Waals surface area contributed by atoms with Gasteiger partial charge in [0, 0.05) is 43.2 Å². The van der Waals surface area contributed by atoms with E-state index in [0.29, 0.717) is 26.2 Å². The molecule has 3 aromatic rings. The van der Waals surface area contributed by atoms with E-state index in [1.807, 2.05) is 5.38 Å². The minimum Gasteiger partial charge on any atom is -0.345 e. The van der Waals surface area contributed by atoms with Crippen molar-refractivity contribution >= 4 is 28.2 Å². The highest BCUT2D eigenvalue weighted by Crippen LogP contribution is 2.28. The van der Waals surface area contributed by atoms with Crippen molar-refractivity contribution in [2.75, 3.05) is 36.4 Å². The highest BCUT2D eigenvalue weighted by atomic mass is 32.1. The molecule has 1 aliphatic rings. The van der Waals surface area contributed by atoms with Gasteiger partial charge in [-0.25, -0.2) is 22.9 Å². The number of carbonyl (C=O) groups excluding carboxylic acids is 1. The van der Waals surface area contributed by atoms with Gasteiger partial charge in [-0.05, 0) is 36.4 Å². The molecule has 0 bridgehead atoms. The Kier molecular flexibility index (Phi) is 5.39. The SMILES string of the molecule is O=C(Nc1ccc(F)cc1F)N1CCN(c2nc(-c3ccc(F)cc3)cs2)CC1.